The Kier molecular flexibility index (Phi) is 10.9. The van der Waals surface area contributed by atoms with Crippen molar-refractivity contribution < 1.29 is 4.74 Å². The molecule has 1 rings (SSSR count). The van der Waals surface area contributed by atoms with Gasteiger partial charge in [0.2, 0.25) is 0 Å². The van der Waals surface area contributed by atoms with Crippen molar-refractivity contribution in [2.75, 3.05) is 40.8 Å². The molecule has 0 aromatic rings. The molecule has 5 heteroatoms. The summed E-state index contributed by atoms with van der Waals surface area (Å²) in [6.45, 7) is 8.52. The summed E-state index contributed by atoms with van der Waals surface area (Å²) < 4.78 is 6.15. The molecule has 3 unspecified atom stereocenters. The first-order valence-electron chi connectivity index (χ1n) is 7.86. The predicted molar refractivity (Wildman–Crippen MR) is 85.2 cm³/mol. The third-order valence-electron chi connectivity index (χ3n) is 3.67. The lowest BCUT2D eigenvalue weighted by Crippen LogP contribution is -2.28. The van der Waals surface area contributed by atoms with Crippen LogP contribution < -0.4 is 0 Å². The topological polar surface area (TPSA) is 45.1 Å². The SMILES string of the molecule is CC.CCC(CCN(C)C)OC1CC(CN=O)N(C)C1. The number of likely N-dealkylation sites (N-methyl/N-ethyl adjacent to an activating group) is 1. The van der Waals surface area contributed by atoms with Crippen molar-refractivity contribution in [3.63, 3.8) is 0 Å². The van der Waals surface area contributed by atoms with E-state index in [2.05, 4.69) is 36.0 Å². The van der Waals surface area contributed by atoms with Gasteiger partial charge in [0.05, 0.1) is 18.8 Å². The molecule has 0 aliphatic carbocycles. The van der Waals surface area contributed by atoms with E-state index in [0.717, 1.165) is 32.4 Å². The van der Waals surface area contributed by atoms with E-state index in [-0.39, 0.29) is 12.1 Å². The summed E-state index contributed by atoms with van der Waals surface area (Å²) in [4.78, 5) is 14.7. The molecular weight excluding hydrogens is 254 g/mol. The molecule has 1 saturated heterocycles. The van der Waals surface area contributed by atoms with E-state index in [4.69, 9.17) is 4.74 Å². The highest BCUT2D eigenvalue weighted by atomic mass is 16.5. The van der Waals surface area contributed by atoms with Gasteiger partial charge in [-0.05, 0) is 47.0 Å². The molecule has 5 nitrogen and oxygen atoms in total. The van der Waals surface area contributed by atoms with Crippen molar-refractivity contribution in [3.05, 3.63) is 4.91 Å². The number of ether oxygens (including phenoxy) is 1. The Morgan fingerprint density at radius 2 is 2.05 bits per heavy atom. The number of hydrogen-bond acceptors (Lipinski definition) is 5. The Bertz CT molecular complexity index is 249. The van der Waals surface area contributed by atoms with Crippen molar-refractivity contribution in [3.8, 4) is 0 Å². The van der Waals surface area contributed by atoms with Crippen molar-refractivity contribution in [2.45, 2.75) is 58.3 Å². The van der Waals surface area contributed by atoms with Gasteiger partial charge in [-0.3, -0.25) is 4.90 Å². The first-order valence-corrected chi connectivity index (χ1v) is 7.86. The average Bonchev–Trinajstić information content (AvgIpc) is 2.77. The summed E-state index contributed by atoms with van der Waals surface area (Å²) in [5.41, 5.74) is 0. The molecule has 0 aromatic carbocycles. The molecule has 0 spiro atoms. The van der Waals surface area contributed by atoms with Crippen LogP contribution in [0, 0.1) is 4.91 Å². The van der Waals surface area contributed by atoms with Crippen LogP contribution in [0.2, 0.25) is 0 Å². The second-order valence-electron chi connectivity index (χ2n) is 5.52. The molecule has 0 radical (unpaired) electrons. The maximum Gasteiger partial charge on any atom is 0.0967 e. The van der Waals surface area contributed by atoms with E-state index in [0.29, 0.717) is 12.6 Å². The van der Waals surface area contributed by atoms with Gasteiger partial charge in [0.1, 0.15) is 0 Å². The lowest BCUT2D eigenvalue weighted by Gasteiger charge is -2.22. The monoisotopic (exact) mass is 287 g/mol. The number of hydrogen-bond donors (Lipinski definition) is 0. The number of nitroso groups, excluding NO2 is 1. The Labute approximate surface area is 124 Å². The third-order valence-corrected chi connectivity index (χ3v) is 3.67. The van der Waals surface area contributed by atoms with Crippen LogP contribution in [0.4, 0.5) is 0 Å². The minimum atomic E-state index is 0.258. The Morgan fingerprint density at radius 1 is 1.40 bits per heavy atom. The minimum Gasteiger partial charge on any atom is -0.374 e. The highest BCUT2D eigenvalue weighted by Gasteiger charge is 2.31. The van der Waals surface area contributed by atoms with Crippen LogP contribution in [0.5, 0.6) is 0 Å². The predicted octanol–water partition coefficient (Wildman–Crippen LogP) is 2.60. The molecule has 20 heavy (non-hydrogen) atoms. The molecule has 0 aromatic heterocycles. The van der Waals surface area contributed by atoms with E-state index >= 15 is 0 Å². The second-order valence-corrected chi connectivity index (χ2v) is 5.52. The molecule has 0 saturated carbocycles. The Balaban J connectivity index is 0.00000172. The Morgan fingerprint density at radius 3 is 2.55 bits per heavy atom. The second kappa shape index (κ2) is 11.2. The van der Waals surface area contributed by atoms with E-state index in [1.807, 2.05) is 20.9 Å². The van der Waals surface area contributed by atoms with Crippen molar-refractivity contribution in [1.29, 1.82) is 0 Å². The molecule has 1 aliphatic rings. The van der Waals surface area contributed by atoms with Gasteiger partial charge < -0.3 is 9.64 Å². The van der Waals surface area contributed by atoms with Crippen LogP contribution in [0.15, 0.2) is 5.18 Å². The van der Waals surface area contributed by atoms with Crippen LogP contribution in [-0.2, 0) is 4.74 Å². The molecule has 120 valence electrons. The standard InChI is InChI=1S/C13H27N3O2.C2H6/c1-5-12(6-7-15(2)3)18-13-8-11(9-14-17)16(4)10-13;1-2/h11-13H,5-10H2,1-4H3;1-2H3. The summed E-state index contributed by atoms with van der Waals surface area (Å²) in [6, 6.07) is 0.263. The molecule has 0 bridgehead atoms. The largest absolute Gasteiger partial charge is 0.374 e. The first-order chi connectivity index (χ1) is 9.56. The van der Waals surface area contributed by atoms with Crippen molar-refractivity contribution in [2.24, 2.45) is 5.18 Å². The van der Waals surface area contributed by atoms with Crippen LogP contribution >= 0.6 is 0 Å². The highest BCUT2D eigenvalue weighted by molar-refractivity contribution is 4.86. The van der Waals surface area contributed by atoms with Crippen LogP contribution in [-0.4, -0.2) is 68.8 Å². The normalized spacial score (nSPS) is 24.4. The minimum absolute atomic E-state index is 0.258. The van der Waals surface area contributed by atoms with Crippen LogP contribution in [0.3, 0.4) is 0 Å². The summed E-state index contributed by atoms with van der Waals surface area (Å²) in [5.74, 6) is 0. The molecule has 0 N–H and O–H groups in total. The zero-order valence-electron chi connectivity index (χ0n) is 14.1. The number of nitrogens with zero attached hydrogens (tertiary/aromatic N) is 3. The highest BCUT2D eigenvalue weighted by Crippen LogP contribution is 2.21. The fourth-order valence-electron chi connectivity index (χ4n) is 2.47. The first kappa shape index (κ1) is 19.5. The van der Waals surface area contributed by atoms with Gasteiger partial charge in [-0.15, -0.1) is 0 Å². The van der Waals surface area contributed by atoms with Crippen molar-refractivity contribution >= 4 is 0 Å². The lowest BCUT2D eigenvalue weighted by atomic mass is 10.1. The summed E-state index contributed by atoms with van der Waals surface area (Å²) in [7, 11) is 6.21. The molecule has 3 atom stereocenters. The Hall–Kier alpha value is -0.520. The van der Waals surface area contributed by atoms with Gasteiger partial charge in [0, 0.05) is 12.6 Å². The molecular formula is C15H33N3O2. The van der Waals surface area contributed by atoms with Crippen LogP contribution in [0.25, 0.3) is 0 Å². The van der Waals surface area contributed by atoms with Gasteiger partial charge >= 0.3 is 0 Å². The molecule has 0 amide bonds. The fraction of sp³-hybridized carbons (Fsp3) is 1.00. The van der Waals surface area contributed by atoms with E-state index < -0.39 is 0 Å². The van der Waals surface area contributed by atoms with Gasteiger partial charge in [-0.1, -0.05) is 25.9 Å². The maximum atomic E-state index is 10.3. The molecule has 1 aliphatic heterocycles. The maximum absolute atomic E-state index is 10.3. The van der Waals surface area contributed by atoms with E-state index in [1.54, 1.807) is 0 Å². The quantitative estimate of drug-likeness (QED) is 0.644. The number of likely N-dealkylation sites (tertiary alicyclic amines) is 1. The van der Waals surface area contributed by atoms with Gasteiger partial charge in [0.15, 0.2) is 0 Å². The summed E-state index contributed by atoms with van der Waals surface area (Å²) in [6.07, 6.45) is 3.63. The molecule has 1 heterocycles. The van der Waals surface area contributed by atoms with Crippen molar-refractivity contribution in [1.82, 2.24) is 9.80 Å². The van der Waals surface area contributed by atoms with Gasteiger partial charge in [0.25, 0.3) is 0 Å². The zero-order valence-corrected chi connectivity index (χ0v) is 14.1. The fourth-order valence-corrected chi connectivity index (χ4v) is 2.47. The third kappa shape index (κ3) is 7.31. The van der Waals surface area contributed by atoms with Crippen LogP contribution in [0.1, 0.15) is 40.0 Å². The number of rotatable bonds is 8. The lowest BCUT2D eigenvalue weighted by molar-refractivity contribution is -0.0141. The van der Waals surface area contributed by atoms with E-state index in [1.165, 1.54) is 0 Å². The summed E-state index contributed by atoms with van der Waals surface area (Å²) in [5, 5.41) is 3.01. The molecule has 1 fully saturated rings. The van der Waals surface area contributed by atoms with E-state index in [9.17, 15) is 4.91 Å². The van der Waals surface area contributed by atoms with Gasteiger partial charge in [-0.2, -0.15) is 4.91 Å². The average molecular weight is 287 g/mol. The smallest absolute Gasteiger partial charge is 0.0967 e. The van der Waals surface area contributed by atoms with Gasteiger partial charge in [-0.25, -0.2) is 0 Å². The zero-order chi connectivity index (χ0) is 15.5. The summed E-state index contributed by atoms with van der Waals surface area (Å²) >= 11 is 0.